The molecule has 0 aliphatic carbocycles. The largest absolute Gasteiger partial charge is 0.497 e. The molecule has 0 saturated carbocycles. The first kappa shape index (κ1) is 16.7. The number of ether oxygens (including phenoxy) is 2. The fourth-order valence-corrected chi connectivity index (χ4v) is 2.59. The van der Waals surface area contributed by atoms with E-state index in [2.05, 4.69) is 0 Å². The van der Waals surface area contributed by atoms with Gasteiger partial charge in [0, 0.05) is 0 Å². The van der Waals surface area contributed by atoms with Crippen LogP contribution in [0.4, 0.5) is 0 Å². The van der Waals surface area contributed by atoms with Crippen molar-refractivity contribution in [2.45, 2.75) is 12.8 Å². The van der Waals surface area contributed by atoms with Crippen molar-refractivity contribution in [1.29, 1.82) is 0 Å². The Kier molecular flexibility index (Phi) is 4.80. The van der Waals surface area contributed by atoms with Gasteiger partial charge in [-0.3, -0.25) is 4.79 Å². The molecule has 0 aliphatic heterocycles. The molecule has 0 aromatic heterocycles. The molecule has 0 saturated heterocycles. The second-order valence-electron chi connectivity index (χ2n) is 5.77. The molecule has 0 bridgehead atoms. The minimum Gasteiger partial charge on any atom is -0.497 e. The van der Waals surface area contributed by atoms with E-state index in [1.165, 1.54) is 0 Å². The van der Waals surface area contributed by atoms with Gasteiger partial charge in [0.05, 0.1) is 18.6 Å². The summed E-state index contributed by atoms with van der Waals surface area (Å²) in [4.78, 5) is 24.3. The maximum absolute atomic E-state index is 12.3. The van der Waals surface area contributed by atoms with Crippen LogP contribution in [0.1, 0.15) is 28.8 Å². The third-order valence-corrected chi connectivity index (χ3v) is 4.13. The van der Waals surface area contributed by atoms with E-state index in [0.717, 1.165) is 22.1 Å². The molecule has 3 aromatic carbocycles. The smallest absolute Gasteiger partial charge is 0.345 e. The van der Waals surface area contributed by atoms with Gasteiger partial charge in [-0.15, -0.1) is 0 Å². The van der Waals surface area contributed by atoms with E-state index in [4.69, 9.17) is 9.47 Å². The fourth-order valence-electron chi connectivity index (χ4n) is 2.59. The van der Waals surface area contributed by atoms with Crippen molar-refractivity contribution in [3.8, 4) is 5.75 Å². The van der Waals surface area contributed by atoms with Crippen LogP contribution in [0.25, 0.3) is 10.8 Å². The van der Waals surface area contributed by atoms with Crippen LogP contribution in [-0.2, 0) is 9.53 Å². The summed E-state index contributed by atoms with van der Waals surface area (Å²) < 4.78 is 10.2. The molecule has 1 unspecified atom stereocenters. The summed E-state index contributed by atoms with van der Waals surface area (Å²) in [5, 5.41) is 2.01. The molecule has 4 heteroatoms. The Labute approximate surface area is 146 Å². The van der Waals surface area contributed by atoms with Crippen LogP contribution in [0.15, 0.2) is 66.7 Å². The summed E-state index contributed by atoms with van der Waals surface area (Å²) in [7, 11) is 1.62. The van der Waals surface area contributed by atoms with Crippen molar-refractivity contribution >= 4 is 22.7 Å². The predicted molar refractivity (Wildman–Crippen MR) is 95.8 cm³/mol. The third-order valence-electron chi connectivity index (χ3n) is 4.13. The lowest BCUT2D eigenvalue weighted by molar-refractivity contribution is -0.139. The second-order valence-corrected chi connectivity index (χ2v) is 5.77. The van der Waals surface area contributed by atoms with Crippen LogP contribution in [0, 0.1) is 0 Å². The SMILES string of the molecule is COc1ccc2cc(C(C)C(=O)OC(=O)c3ccccc3)ccc2c1. The number of fused-ring (bicyclic) bond motifs is 1. The van der Waals surface area contributed by atoms with Crippen LogP contribution >= 0.6 is 0 Å². The molecule has 25 heavy (non-hydrogen) atoms. The molecule has 3 rings (SSSR count). The zero-order valence-electron chi connectivity index (χ0n) is 14.1. The van der Waals surface area contributed by atoms with Gasteiger partial charge >= 0.3 is 11.9 Å². The number of rotatable bonds is 4. The number of benzene rings is 3. The Morgan fingerprint density at radius 3 is 2.28 bits per heavy atom. The molecule has 0 heterocycles. The average Bonchev–Trinajstić information content (AvgIpc) is 2.67. The molecule has 0 spiro atoms. The van der Waals surface area contributed by atoms with E-state index in [-0.39, 0.29) is 0 Å². The van der Waals surface area contributed by atoms with Gasteiger partial charge in [0.2, 0.25) is 0 Å². The molecule has 0 aliphatic rings. The van der Waals surface area contributed by atoms with E-state index >= 15 is 0 Å². The van der Waals surface area contributed by atoms with Crippen LogP contribution < -0.4 is 4.74 Å². The number of carbonyl (C=O) groups excluding carboxylic acids is 2. The minimum atomic E-state index is -0.636. The summed E-state index contributed by atoms with van der Waals surface area (Å²) in [5.74, 6) is -0.968. The standard InChI is InChI=1S/C21H18O4/c1-14(20(22)25-21(23)15-6-4-3-5-7-15)16-8-9-18-13-19(24-2)11-10-17(18)12-16/h3-14H,1-2H3. The first-order chi connectivity index (χ1) is 12.1. The highest BCUT2D eigenvalue weighted by Crippen LogP contribution is 2.26. The van der Waals surface area contributed by atoms with E-state index in [1.807, 2.05) is 36.4 Å². The van der Waals surface area contributed by atoms with Crippen LogP contribution in [0.2, 0.25) is 0 Å². The molecule has 1 atom stereocenters. The Morgan fingerprint density at radius 2 is 1.56 bits per heavy atom. The molecule has 0 radical (unpaired) electrons. The highest BCUT2D eigenvalue weighted by atomic mass is 16.6. The van der Waals surface area contributed by atoms with Crippen molar-refractivity contribution < 1.29 is 19.1 Å². The maximum atomic E-state index is 12.3. The first-order valence-corrected chi connectivity index (χ1v) is 7.97. The van der Waals surface area contributed by atoms with Crippen molar-refractivity contribution in [3.05, 3.63) is 77.9 Å². The predicted octanol–water partition coefficient (Wildman–Crippen LogP) is 4.34. The van der Waals surface area contributed by atoms with E-state index < -0.39 is 17.9 Å². The van der Waals surface area contributed by atoms with Crippen molar-refractivity contribution in [2.24, 2.45) is 0 Å². The van der Waals surface area contributed by atoms with Gasteiger partial charge in [0.25, 0.3) is 0 Å². The zero-order chi connectivity index (χ0) is 17.8. The van der Waals surface area contributed by atoms with Crippen molar-refractivity contribution in [1.82, 2.24) is 0 Å². The highest BCUT2D eigenvalue weighted by Gasteiger charge is 2.21. The number of carbonyl (C=O) groups is 2. The van der Waals surface area contributed by atoms with Gasteiger partial charge in [0.15, 0.2) is 0 Å². The Balaban J connectivity index is 1.77. The van der Waals surface area contributed by atoms with Gasteiger partial charge in [0.1, 0.15) is 5.75 Å². The zero-order valence-corrected chi connectivity index (χ0v) is 14.1. The summed E-state index contributed by atoms with van der Waals surface area (Å²) in [6.07, 6.45) is 0. The topological polar surface area (TPSA) is 52.6 Å². The summed E-state index contributed by atoms with van der Waals surface area (Å²) >= 11 is 0. The van der Waals surface area contributed by atoms with E-state index in [0.29, 0.717) is 5.56 Å². The number of hydrogen-bond donors (Lipinski definition) is 0. The first-order valence-electron chi connectivity index (χ1n) is 7.97. The fraction of sp³-hybridized carbons (Fsp3) is 0.143. The Hall–Kier alpha value is -3.14. The molecule has 0 amide bonds. The molecule has 3 aromatic rings. The van der Waals surface area contributed by atoms with E-state index in [1.54, 1.807) is 44.4 Å². The maximum Gasteiger partial charge on any atom is 0.345 e. The minimum absolute atomic E-state index is 0.355. The van der Waals surface area contributed by atoms with E-state index in [9.17, 15) is 9.59 Å². The molecular formula is C21H18O4. The molecular weight excluding hydrogens is 316 g/mol. The summed E-state index contributed by atoms with van der Waals surface area (Å²) in [6.45, 7) is 1.73. The number of hydrogen-bond acceptors (Lipinski definition) is 4. The van der Waals surface area contributed by atoms with Gasteiger partial charge < -0.3 is 9.47 Å². The number of esters is 2. The average molecular weight is 334 g/mol. The third kappa shape index (κ3) is 3.69. The molecule has 0 N–H and O–H groups in total. The van der Waals surface area contributed by atoms with Gasteiger partial charge in [-0.25, -0.2) is 4.79 Å². The van der Waals surface area contributed by atoms with Crippen LogP contribution in [0.5, 0.6) is 5.75 Å². The quantitative estimate of drug-likeness (QED) is 0.526. The van der Waals surface area contributed by atoms with Gasteiger partial charge in [-0.05, 0) is 47.5 Å². The monoisotopic (exact) mass is 334 g/mol. The van der Waals surface area contributed by atoms with Gasteiger partial charge in [-0.1, -0.05) is 42.5 Å². The Bertz CT molecular complexity index is 916. The molecule has 0 fully saturated rings. The lowest BCUT2D eigenvalue weighted by Crippen LogP contribution is -2.18. The lowest BCUT2D eigenvalue weighted by atomic mass is 9.98. The number of methoxy groups -OCH3 is 1. The highest BCUT2D eigenvalue weighted by molar-refractivity contribution is 5.98. The van der Waals surface area contributed by atoms with Crippen molar-refractivity contribution in [3.63, 3.8) is 0 Å². The normalized spacial score (nSPS) is 11.8. The van der Waals surface area contributed by atoms with Crippen LogP contribution in [0.3, 0.4) is 0 Å². The van der Waals surface area contributed by atoms with Crippen LogP contribution in [-0.4, -0.2) is 19.0 Å². The summed E-state index contributed by atoms with van der Waals surface area (Å²) in [5.41, 5.74) is 1.15. The van der Waals surface area contributed by atoms with Gasteiger partial charge in [-0.2, -0.15) is 0 Å². The Morgan fingerprint density at radius 1 is 0.880 bits per heavy atom. The second kappa shape index (κ2) is 7.18. The summed E-state index contributed by atoms with van der Waals surface area (Å²) in [6, 6.07) is 19.9. The lowest BCUT2D eigenvalue weighted by Gasteiger charge is -2.12. The molecule has 126 valence electrons. The molecule has 4 nitrogen and oxygen atoms in total. The van der Waals surface area contributed by atoms with Crippen molar-refractivity contribution in [2.75, 3.05) is 7.11 Å².